The Morgan fingerprint density at radius 1 is 1.36 bits per heavy atom. The highest BCUT2D eigenvalue weighted by Crippen LogP contribution is 2.27. The van der Waals surface area contributed by atoms with Crippen LogP contribution in [0, 0.1) is 6.07 Å². The Morgan fingerprint density at radius 2 is 2.00 bits per heavy atom. The predicted octanol–water partition coefficient (Wildman–Crippen LogP) is 2.02. The van der Waals surface area contributed by atoms with Crippen molar-refractivity contribution in [3.8, 4) is 11.5 Å². The van der Waals surface area contributed by atoms with Gasteiger partial charge in [-0.15, -0.1) is 0 Å². The number of hydrogen-bond acceptors (Lipinski definition) is 2. The first kappa shape index (κ1) is 7.92. The van der Waals surface area contributed by atoms with Gasteiger partial charge in [0.05, 0.1) is 0 Å². The summed E-state index contributed by atoms with van der Waals surface area (Å²) in [6.07, 6.45) is 0. The first-order valence-corrected chi connectivity index (χ1v) is 3.55. The fourth-order valence-electron chi connectivity index (χ4n) is 0.943. The van der Waals surface area contributed by atoms with Crippen LogP contribution < -0.4 is 0 Å². The standard InChI is InChI=1S/C9H11O2/c1-6(2)8-4-3-7(10)5-9(8)11/h4-6,10-11H,1-2H3. The zero-order valence-electron chi connectivity index (χ0n) is 6.63. The summed E-state index contributed by atoms with van der Waals surface area (Å²) in [7, 11) is 0. The molecular weight excluding hydrogens is 140 g/mol. The van der Waals surface area contributed by atoms with Gasteiger partial charge in [0.1, 0.15) is 11.5 Å². The van der Waals surface area contributed by atoms with Gasteiger partial charge in [-0.1, -0.05) is 13.8 Å². The molecule has 0 saturated carbocycles. The second-order valence-corrected chi connectivity index (χ2v) is 2.81. The van der Waals surface area contributed by atoms with Gasteiger partial charge < -0.3 is 10.2 Å². The van der Waals surface area contributed by atoms with Gasteiger partial charge in [-0.3, -0.25) is 0 Å². The van der Waals surface area contributed by atoms with Gasteiger partial charge in [-0.2, -0.15) is 0 Å². The summed E-state index contributed by atoms with van der Waals surface area (Å²) in [6.45, 7) is 3.94. The minimum Gasteiger partial charge on any atom is -0.508 e. The normalized spacial score (nSPS) is 10.5. The maximum Gasteiger partial charge on any atom is 0.127 e. The minimum absolute atomic E-state index is 0.0214. The third kappa shape index (κ3) is 1.64. The van der Waals surface area contributed by atoms with Crippen LogP contribution in [0.2, 0.25) is 0 Å². The molecule has 59 valence electrons. The minimum atomic E-state index is -0.0214. The topological polar surface area (TPSA) is 40.5 Å². The molecule has 2 N–H and O–H groups in total. The van der Waals surface area contributed by atoms with E-state index in [2.05, 4.69) is 6.07 Å². The van der Waals surface area contributed by atoms with Gasteiger partial charge >= 0.3 is 0 Å². The van der Waals surface area contributed by atoms with Crippen LogP contribution in [0.1, 0.15) is 25.3 Å². The maximum absolute atomic E-state index is 9.28. The largest absolute Gasteiger partial charge is 0.508 e. The van der Waals surface area contributed by atoms with Gasteiger partial charge in [0, 0.05) is 12.1 Å². The molecule has 0 aliphatic rings. The Kier molecular flexibility index (Phi) is 2.03. The quantitative estimate of drug-likeness (QED) is 0.644. The molecule has 0 aliphatic heterocycles. The third-order valence-electron chi connectivity index (χ3n) is 1.57. The molecule has 0 fully saturated rings. The molecule has 2 nitrogen and oxygen atoms in total. The van der Waals surface area contributed by atoms with Crippen LogP contribution >= 0.6 is 0 Å². The lowest BCUT2D eigenvalue weighted by atomic mass is 10.0. The monoisotopic (exact) mass is 151 g/mol. The Morgan fingerprint density at radius 3 is 2.45 bits per heavy atom. The van der Waals surface area contributed by atoms with Gasteiger partial charge in [-0.25, -0.2) is 0 Å². The summed E-state index contributed by atoms with van der Waals surface area (Å²) < 4.78 is 0. The van der Waals surface area contributed by atoms with Crippen LogP contribution in [0.5, 0.6) is 11.5 Å². The molecule has 0 amide bonds. The van der Waals surface area contributed by atoms with E-state index in [1.54, 1.807) is 6.07 Å². The molecule has 0 saturated heterocycles. The van der Waals surface area contributed by atoms with Crippen molar-refractivity contribution in [3.63, 3.8) is 0 Å². The molecule has 11 heavy (non-hydrogen) atoms. The van der Waals surface area contributed by atoms with Gasteiger partial charge in [0.25, 0.3) is 0 Å². The fraction of sp³-hybridized carbons (Fsp3) is 0.333. The Bertz CT molecular complexity index is 254. The molecule has 0 atom stereocenters. The van der Waals surface area contributed by atoms with Gasteiger partial charge in [0.15, 0.2) is 0 Å². The Labute approximate surface area is 66.1 Å². The molecule has 0 aromatic heterocycles. The predicted molar refractivity (Wildman–Crippen MR) is 42.7 cm³/mol. The molecule has 1 aromatic rings. The average Bonchev–Trinajstić information content (AvgIpc) is 1.85. The summed E-state index contributed by atoms with van der Waals surface area (Å²) in [6, 6.07) is 5.52. The Balaban J connectivity index is 3.09. The van der Waals surface area contributed by atoms with Crippen molar-refractivity contribution < 1.29 is 10.2 Å². The van der Waals surface area contributed by atoms with Crippen LogP contribution in [0.25, 0.3) is 0 Å². The number of phenolic OH excluding ortho intramolecular Hbond substituents is 2. The molecule has 2 heteroatoms. The first-order chi connectivity index (χ1) is 5.11. The van der Waals surface area contributed by atoms with E-state index in [-0.39, 0.29) is 17.4 Å². The molecule has 0 unspecified atom stereocenters. The van der Waals surface area contributed by atoms with Crippen LogP contribution in [-0.4, -0.2) is 10.2 Å². The smallest absolute Gasteiger partial charge is 0.127 e. The molecule has 1 rings (SSSR count). The molecule has 1 radical (unpaired) electrons. The fourth-order valence-corrected chi connectivity index (χ4v) is 0.943. The second-order valence-electron chi connectivity index (χ2n) is 2.81. The average molecular weight is 151 g/mol. The number of rotatable bonds is 1. The third-order valence-corrected chi connectivity index (χ3v) is 1.57. The van der Waals surface area contributed by atoms with Crippen molar-refractivity contribution in [2.75, 3.05) is 0 Å². The summed E-state index contributed by atoms with van der Waals surface area (Å²) >= 11 is 0. The van der Waals surface area contributed by atoms with Gasteiger partial charge in [0.2, 0.25) is 0 Å². The van der Waals surface area contributed by atoms with Crippen LogP contribution in [-0.2, 0) is 0 Å². The molecule has 1 aromatic carbocycles. The number of phenols is 2. The van der Waals surface area contributed by atoms with E-state index < -0.39 is 0 Å². The van der Waals surface area contributed by atoms with Crippen molar-refractivity contribution in [2.24, 2.45) is 0 Å². The van der Waals surface area contributed by atoms with Crippen LogP contribution in [0.3, 0.4) is 0 Å². The van der Waals surface area contributed by atoms with E-state index in [1.165, 1.54) is 6.07 Å². The van der Waals surface area contributed by atoms with Crippen LogP contribution in [0.4, 0.5) is 0 Å². The summed E-state index contributed by atoms with van der Waals surface area (Å²) in [5, 5.41) is 18.2. The number of hydrogen-bond donors (Lipinski definition) is 2. The van der Waals surface area contributed by atoms with E-state index in [4.69, 9.17) is 5.11 Å². The van der Waals surface area contributed by atoms with E-state index in [0.29, 0.717) is 0 Å². The Hall–Kier alpha value is -1.18. The van der Waals surface area contributed by atoms with E-state index in [1.807, 2.05) is 13.8 Å². The van der Waals surface area contributed by atoms with E-state index in [9.17, 15) is 5.11 Å². The van der Waals surface area contributed by atoms with E-state index >= 15 is 0 Å². The molecule has 0 aliphatic carbocycles. The zero-order valence-corrected chi connectivity index (χ0v) is 6.63. The SMILES string of the molecule is CC(C)c1c[c]c(O)cc1O. The van der Waals surface area contributed by atoms with Crippen molar-refractivity contribution in [3.05, 3.63) is 23.8 Å². The summed E-state index contributed by atoms with van der Waals surface area (Å²) in [5.74, 6) is 0.370. The first-order valence-electron chi connectivity index (χ1n) is 3.55. The molecule has 0 spiro atoms. The van der Waals surface area contributed by atoms with Crippen molar-refractivity contribution in [2.45, 2.75) is 19.8 Å². The lowest BCUT2D eigenvalue weighted by molar-refractivity contribution is 0.443. The highest BCUT2D eigenvalue weighted by molar-refractivity contribution is 5.39. The molecular formula is C9H11O2. The van der Waals surface area contributed by atoms with Crippen LogP contribution in [0.15, 0.2) is 12.1 Å². The number of aromatic hydroxyl groups is 2. The van der Waals surface area contributed by atoms with Crippen molar-refractivity contribution >= 4 is 0 Å². The maximum atomic E-state index is 9.28. The van der Waals surface area contributed by atoms with Crippen molar-refractivity contribution in [1.29, 1.82) is 0 Å². The highest BCUT2D eigenvalue weighted by atomic mass is 16.3. The summed E-state index contributed by atoms with van der Waals surface area (Å²) in [4.78, 5) is 0. The number of benzene rings is 1. The second kappa shape index (κ2) is 2.82. The van der Waals surface area contributed by atoms with Gasteiger partial charge in [-0.05, 0) is 17.5 Å². The van der Waals surface area contributed by atoms with E-state index in [0.717, 1.165) is 5.56 Å². The van der Waals surface area contributed by atoms with Crippen molar-refractivity contribution in [1.82, 2.24) is 0 Å². The molecule has 0 heterocycles. The zero-order chi connectivity index (χ0) is 8.43. The lowest BCUT2D eigenvalue weighted by Gasteiger charge is -2.06. The highest BCUT2D eigenvalue weighted by Gasteiger charge is 2.05. The lowest BCUT2D eigenvalue weighted by Crippen LogP contribution is -1.86. The summed E-state index contributed by atoms with van der Waals surface area (Å²) in [5.41, 5.74) is 0.808. The molecule has 0 bridgehead atoms.